The molecule has 0 bridgehead atoms. The van der Waals surface area contributed by atoms with Gasteiger partial charge in [-0.15, -0.1) is 0 Å². The van der Waals surface area contributed by atoms with Crippen molar-refractivity contribution in [1.82, 2.24) is 0 Å². The average Bonchev–Trinajstić information content (AvgIpc) is 2.58. The van der Waals surface area contributed by atoms with Crippen molar-refractivity contribution < 1.29 is 0 Å². The molecule has 0 fully saturated rings. The zero-order valence-corrected chi connectivity index (χ0v) is 14.9. The van der Waals surface area contributed by atoms with Crippen molar-refractivity contribution in [2.45, 2.75) is 38.6 Å². The highest BCUT2D eigenvalue weighted by molar-refractivity contribution is 5.90. The number of benzene rings is 2. The summed E-state index contributed by atoms with van der Waals surface area (Å²) in [4.78, 5) is 2.37. The maximum Gasteiger partial charge on any atom is 0.0998 e. The lowest BCUT2D eigenvalue weighted by Crippen LogP contribution is -2.45. The van der Waals surface area contributed by atoms with Crippen molar-refractivity contribution >= 4 is 17.3 Å². The van der Waals surface area contributed by atoms with Crippen molar-refractivity contribution in [3.05, 3.63) is 65.2 Å². The van der Waals surface area contributed by atoms with Crippen LogP contribution in [0.5, 0.6) is 0 Å². The summed E-state index contributed by atoms with van der Waals surface area (Å²) in [6, 6.07) is 18.7. The van der Waals surface area contributed by atoms with E-state index in [-0.39, 0.29) is 5.54 Å². The molecule has 24 heavy (non-hydrogen) atoms. The Morgan fingerprint density at radius 3 is 2.58 bits per heavy atom. The molecular weight excluding hydrogens is 292 g/mol. The van der Waals surface area contributed by atoms with Gasteiger partial charge in [0.2, 0.25) is 0 Å². The first-order chi connectivity index (χ1) is 11.4. The van der Waals surface area contributed by atoms with Crippen LogP contribution < -0.4 is 4.90 Å². The van der Waals surface area contributed by atoms with Crippen LogP contribution in [0.4, 0.5) is 5.69 Å². The number of nitriles is 1. The first-order valence-corrected chi connectivity index (χ1v) is 8.47. The molecule has 1 aliphatic heterocycles. The second-order valence-electron chi connectivity index (χ2n) is 7.33. The molecule has 2 aromatic carbocycles. The summed E-state index contributed by atoms with van der Waals surface area (Å²) < 4.78 is 0. The van der Waals surface area contributed by atoms with Crippen LogP contribution in [0.3, 0.4) is 0 Å². The quantitative estimate of drug-likeness (QED) is 0.542. The number of hydrogen-bond donors (Lipinski definition) is 0. The van der Waals surface area contributed by atoms with Crippen LogP contribution in [0.15, 0.2) is 48.5 Å². The molecule has 3 rings (SSSR count). The Kier molecular flexibility index (Phi) is 4.20. The topological polar surface area (TPSA) is 27.0 Å². The summed E-state index contributed by atoms with van der Waals surface area (Å²) in [5, 5.41) is 9.52. The van der Waals surface area contributed by atoms with Gasteiger partial charge in [-0.2, -0.15) is 5.26 Å². The fourth-order valence-corrected chi connectivity index (χ4v) is 3.65. The summed E-state index contributed by atoms with van der Waals surface area (Å²) in [6.07, 6.45) is 3.12. The molecular formula is C22H24N2. The van der Waals surface area contributed by atoms with Gasteiger partial charge < -0.3 is 4.90 Å². The van der Waals surface area contributed by atoms with Gasteiger partial charge in [0.05, 0.1) is 11.6 Å². The van der Waals surface area contributed by atoms with E-state index in [0.29, 0.717) is 11.5 Å². The zero-order valence-electron chi connectivity index (χ0n) is 14.9. The number of nitrogens with zero attached hydrogens (tertiary/aromatic N) is 2. The molecule has 0 aromatic heterocycles. The summed E-state index contributed by atoms with van der Waals surface area (Å²) in [7, 11) is 2.17. The van der Waals surface area contributed by atoms with Crippen molar-refractivity contribution in [1.29, 1.82) is 5.26 Å². The van der Waals surface area contributed by atoms with E-state index >= 15 is 0 Å². The minimum absolute atomic E-state index is 0.172. The first-order valence-electron chi connectivity index (χ1n) is 8.47. The van der Waals surface area contributed by atoms with Crippen LogP contribution in [-0.2, 0) is 0 Å². The number of fused-ring (bicyclic) bond motifs is 1. The standard InChI is InChI=1S/C22H24N2/c1-16-14-22(2,3)24(4)21-11-10-17(13-20(16)21)12-19(15-23)18-8-6-5-7-9-18/h5-13,16H,14H2,1-4H3/b19-12+/t16-/m0/s1. The lowest BCUT2D eigenvalue weighted by Gasteiger charge is -2.45. The SMILES string of the molecule is C[C@H]1CC(C)(C)N(C)c2ccc(/C=C(\C#N)c3ccccc3)cc21. The van der Waals surface area contributed by atoms with Crippen LogP contribution in [0.25, 0.3) is 11.6 Å². The third-order valence-electron chi connectivity index (χ3n) is 5.17. The average molecular weight is 316 g/mol. The second kappa shape index (κ2) is 6.17. The van der Waals surface area contributed by atoms with Crippen LogP contribution in [0.1, 0.15) is 49.8 Å². The predicted molar refractivity (Wildman–Crippen MR) is 102 cm³/mol. The summed E-state index contributed by atoms with van der Waals surface area (Å²) in [5.74, 6) is 0.516. The number of rotatable bonds is 2. The van der Waals surface area contributed by atoms with Gasteiger partial charge in [0.15, 0.2) is 0 Å². The van der Waals surface area contributed by atoms with Gasteiger partial charge in [0.1, 0.15) is 0 Å². The Morgan fingerprint density at radius 1 is 1.21 bits per heavy atom. The first kappa shape index (κ1) is 16.3. The highest BCUT2D eigenvalue weighted by Crippen LogP contribution is 2.42. The largest absolute Gasteiger partial charge is 0.369 e. The summed E-state index contributed by atoms with van der Waals surface area (Å²) >= 11 is 0. The van der Waals surface area contributed by atoms with Gasteiger partial charge in [0, 0.05) is 18.3 Å². The predicted octanol–water partition coefficient (Wildman–Crippen LogP) is 5.47. The van der Waals surface area contributed by atoms with Gasteiger partial charge in [-0.3, -0.25) is 0 Å². The van der Waals surface area contributed by atoms with E-state index in [1.807, 2.05) is 36.4 Å². The molecule has 2 heteroatoms. The van der Waals surface area contributed by atoms with Crippen LogP contribution in [0.2, 0.25) is 0 Å². The van der Waals surface area contributed by atoms with E-state index in [1.165, 1.54) is 11.3 Å². The lowest BCUT2D eigenvalue weighted by atomic mass is 9.80. The molecule has 1 aliphatic rings. The van der Waals surface area contributed by atoms with E-state index in [4.69, 9.17) is 0 Å². The lowest BCUT2D eigenvalue weighted by molar-refractivity contribution is 0.395. The highest BCUT2D eigenvalue weighted by Gasteiger charge is 2.33. The molecule has 2 aromatic rings. The maximum atomic E-state index is 9.52. The molecule has 0 unspecified atom stereocenters. The molecule has 0 aliphatic carbocycles. The van der Waals surface area contributed by atoms with Gasteiger partial charge >= 0.3 is 0 Å². The molecule has 0 saturated heterocycles. The number of hydrogen-bond acceptors (Lipinski definition) is 2. The molecule has 0 saturated carbocycles. The monoisotopic (exact) mass is 316 g/mol. The van der Waals surface area contributed by atoms with Gasteiger partial charge in [-0.1, -0.05) is 43.3 Å². The molecule has 0 N–H and O–H groups in total. The molecule has 0 spiro atoms. The third kappa shape index (κ3) is 2.95. The van der Waals surface area contributed by atoms with Crippen molar-refractivity contribution in [2.24, 2.45) is 0 Å². The molecule has 2 nitrogen and oxygen atoms in total. The van der Waals surface area contributed by atoms with Crippen molar-refractivity contribution in [2.75, 3.05) is 11.9 Å². The Balaban J connectivity index is 2.02. The Labute approximate surface area is 145 Å². The van der Waals surface area contributed by atoms with E-state index < -0.39 is 0 Å². The Hall–Kier alpha value is -2.53. The van der Waals surface area contributed by atoms with E-state index in [0.717, 1.165) is 17.5 Å². The second-order valence-corrected chi connectivity index (χ2v) is 7.33. The van der Waals surface area contributed by atoms with Gasteiger partial charge in [-0.05, 0) is 61.1 Å². The zero-order chi connectivity index (χ0) is 17.3. The minimum atomic E-state index is 0.172. The molecule has 1 atom stereocenters. The third-order valence-corrected chi connectivity index (χ3v) is 5.17. The minimum Gasteiger partial charge on any atom is -0.369 e. The number of anilines is 1. The van der Waals surface area contributed by atoms with E-state index in [1.54, 1.807) is 0 Å². The van der Waals surface area contributed by atoms with Crippen LogP contribution in [0, 0.1) is 11.3 Å². The molecule has 0 amide bonds. The van der Waals surface area contributed by atoms with Gasteiger partial charge in [-0.25, -0.2) is 0 Å². The maximum absolute atomic E-state index is 9.52. The smallest absolute Gasteiger partial charge is 0.0998 e. The Bertz CT molecular complexity index is 810. The van der Waals surface area contributed by atoms with Crippen LogP contribution in [-0.4, -0.2) is 12.6 Å². The fraction of sp³-hybridized carbons (Fsp3) is 0.318. The highest BCUT2D eigenvalue weighted by atomic mass is 15.2. The summed E-state index contributed by atoms with van der Waals surface area (Å²) in [6.45, 7) is 6.89. The van der Waals surface area contributed by atoms with E-state index in [2.05, 4.69) is 57.0 Å². The summed E-state index contributed by atoms with van der Waals surface area (Å²) in [5.41, 5.74) is 5.60. The van der Waals surface area contributed by atoms with Crippen molar-refractivity contribution in [3.63, 3.8) is 0 Å². The van der Waals surface area contributed by atoms with E-state index in [9.17, 15) is 5.26 Å². The normalized spacial score (nSPS) is 19.5. The fourth-order valence-electron chi connectivity index (χ4n) is 3.65. The van der Waals surface area contributed by atoms with Crippen LogP contribution >= 0.6 is 0 Å². The molecule has 122 valence electrons. The molecule has 0 radical (unpaired) electrons. The molecule has 1 heterocycles. The Morgan fingerprint density at radius 2 is 1.92 bits per heavy atom. The van der Waals surface area contributed by atoms with Crippen molar-refractivity contribution in [3.8, 4) is 6.07 Å². The van der Waals surface area contributed by atoms with Gasteiger partial charge in [0.25, 0.3) is 0 Å². The number of allylic oxidation sites excluding steroid dienone is 1.